The van der Waals surface area contributed by atoms with E-state index in [1.54, 1.807) is 0 Å². The zero-order chi connectivity index (χ0) is 13.0. The van der Waals surface area contributed by atoms with E-state index in [9.17, 15) is 4.79 Å². The van der Waals surface area contributed by atoms with Gasteiger partial charge in [0, 0.05) is 25.7 Å². The molecule has 112 valence electrons. The SMILES string of the molecule is CNCC1CCCN1CC(=O)N1CCC(C)CC1.Cl. The quantitative estimate of drug-likeness (QED) is 0.849. The minimum atomic E-state index is 0. The highest BCUT2D eigenvalue weighted by atomic mass is 35.5. The first-order valence-corrected chi connectivity index (χ1v) is 7.37. The topological polar surface area (TPSA) is 35.6 Å². The second-order valence-corrected chi connectivity index (χ2v) is 5.89. The fraction of sp³-hybridized carbons (Fsp3) is 0.929. The van der Waals surface area contributed by atoms with Gasteiger partial charge in [0.15, 0.2) is 0 Å². The molecule has 0 aromatic carbocycles. The number of likely N-dealkylation sites (N-methyl/N-ethyl adjacent to an activating group) is 1. The maximum atomic E-state index is 12.3. The zero-order valence-electron chi connectivity index (χ0n) is 12.2. The van der Waals surface area contributed by atoms with Gasteiger partial charge in [0.2, 0.25) is 5.91 Å². The molecular weight excluding hydrogens is 262 g/mol. The van der Waals surface area contributed by atoms with Crippen molar-refractivity contribution in [2.24, 2.45) is 5.92 Å². The number of hydrogen-bond acceptors (Lipinski definition) is 3. The van der Waals surface area contributed by atoms with E-state index in [2.05, 4.69) is 22.0 Å². The normalized spacial score (nSPS) is 25.4. The molecule has 2 aliphatic heterocycles. The number of likely N-dealkylation sites (tertiary alicyclic amines) is 2. The van der Waals surface area contributed by atoms with Crippen molar-refractivity contribution in [3.63, 3.8) is 0 Å². The van der Waals surface area contributed by atoms with Crippen LogP contribution in [0.3, 0.4) is 0 Å². The van der Waals surface area contributed by atoms with Crippen LogP contribution in [0.4, 0.5) is 0 Å². The Bertz CT molecular complexity index is 280. The van der Waals surface area contributed by atoms with Gasteiger partial charge in [0.1, 0.15) is 0 Å². The van der Waals surface area contributed by atoms with Crippen molar-refractivity contribution in [2.75, 3.05) is 39.8 Å². The summed E-state index contributed by atoms with van der Waals surface area (Å²) >= 11 is 0. The number of halogens is 1. The number of rotatable bonds is 4. The molecule has 0 bridgehead atoms. The Labute approximate surface area is 123 Å². The van der Waals surface area contributed by atoms with Gasteiger partial charge in [0.25, 0.3) is 0 Å². The van der Waals surface area contributed by atoms with Crippen molar-refractivity contribution < 1.29 is 4.79 Å². The van der Waals surface area contributed by atoms with Crippen LogP contribution in [0.15, 0.2) is 0 Å². The lowest BCUT2D eigenvalue weighted by atomic mass is 9.99. The van der Waals surface area contributed by atoms with Gasteiger partial charge in [0.05, 0.1) is 6.54 Å². The molecule has 1 N–H and O–H groups in total. The van der Waals surface area contributed by atoms with E-state index >= 15 is 0 Å². The number of nitrogens with one attached hydrogen (secondary N) is 1. The van der Waals surface area contributed by atoms with Crippen molar-refractivity contribution in [1.29, 1.82) is 0 Å². The van der Waals surface area contributed by atoms with Gasteiger partial charge in [-0.25, -0.2) is 0 Å². The Morgan fingerprint density at radius 3 is 2.53 bits per heavy atom. The molecule has 0 saturated carbocycles. The van der Waals surface area contributed by atoms with Gasteiger partial charge in [-0.3, -0.25) is 9.69 Å². The fourth-order valence-electron chi connectivity index (χ4n) is 3.10. The molecule has 0 aromatic rings. The summed E-state index contributed by atoms with van der Waals surface area (Å²) in [6.07, 6.45) is 4.80. The molecular formula is C14H28ClN3O. The van der Waals surface area contributed by atoms with Gasteiger partial charge >= 0.3 is 0 Å². The molecule has 2 rings (SSSR count). The molecule has 0 aromatic heterocycles. The van der Waals surface area contributed by atoms with Crippen LogP contribution < -0.4 is 5.32 Å². The van der Waals surface area contributed by atoms with Crippen molar-refractivity contribution in [2.45, 2.75) is 38.6 Å². The van der Waals surface area contributed by atoms with Gasteiger partial charge in [-0.05, 0) is 45.2 Å². The number of carbonyl (C=O) groups is 1. The summed E-state index contributed by atoms with van der Waals surface area (Å²) in [5.41, 5.74) is 0. The van der Waals surface area contributed by atoms with Crippen molar-refractivity contribution in [3.05, 3.63) is 0 Å². The largest absolute Gasteiger partial charge is 0.342 e. The van der Waals surface area contributed by atoms with Crippen molar-refractivity contribution in [1.82, 2.24) is 15.1 Å². The first-order chi connectivity index (χ1) is 8.70. The van der Waals surface area contributed by atoms with E-state index < -0.39 is 0 Å². The maximum absolute atomic E-state index is 12.3. The Hall–Kier alpha value is -0.320. The second kappa shape index (κ2) is 8.08. The Balaban J connectivity index is 0.00000180. The van der Waals surface area contributed by atoms with E-state index in [-0.39, 0.29) is 12.4 Å². The van der Waals surface area contributed by atoms with Crippen LogP contribution in [0.5, 0.6) is 0 Å². The van der Waals surface area contributed by atoms with Crippen molar-refractivity contribution in [3.8, 4) is 0 Å². The van der Waals surface area contributed by atoms with Crippen LogP contribution in [0.2, 0.25) is 0 Å². The molecule has 4 nitrogen and oxygen atoms in total. The maximum Gasteiger partial charge on any atom is 0.236 e. The zero-order valence-corrected chi connectivity index (χ0v) is 13.0. The number of amides is 1. The average molecular weight is 290 g/mol. The van der Waals surface area contributed by atoms with Crippen LogP contribution >= 0.6 is 12.4 Å². The van der Waals surface area contributed by atoms with Crippen LogP contribution in [0.1, 0.15) is 32.6 Å². The molecule has 0 aliphatic carbocycles. The Morgan fingerprint density at radius 1 is 1.21 bits per heavy atom. The summed E-state index contributed by atoms with van der Waals surface area (Å²) < 4.78 is 0. The van der Waals surface area contributed by atoms with E-state index in [1.165, 1.54) is 25.7 Å². The third kappa shape index (κ3) is 4.62. The Morgan fingerprint density at radius 2 is 1.89 bits per heavy atom. The number of piperidine rings is 1. The first-order valence-electron chi connectivity index (χ1n) is 7.37. The van der Waals surface area contributed by atoms with Gasteiger partial charge in [-0.2, -0.15) is 0 Å². The lowest BCUT2D eigenvalue weighted by Crippen LogP contribution is -2.46. The fourth-order valence-corrected chi connectivity index (χ4v) is 3.10. The third-order valence-electron chi connectivity index (χ3n) is 4.41. The van der Waals surface area contributed by atoms with Crippen LogP contribution in [0.25, 0.3) is 0 Å². The lowest BCUT2D eigenvalue weighted by molar-refractivity contribution is -0.133. The number of hydrogen-bond donors (Lipinski definition) is 1. The van der Waals surface area contributed by atoms with E-state index in [0.29, 0.717) is 18.5 Å². The molecule has 2 aliphatic rings. The summed E-state index contributed by atoms with van der Waals surface area (Å²) in [6.45, 7) is 6.92. The number of carbonyl (C=O) groups excluding carboxylic acids is 1. The molecule has 19 heavy (non-hydrogen) atoms. The molecule has 0 radical (unpaired) electrons. The average Bonchev–Trinajstić information content (AvgIpc) is 2.78. The van der Waals surface area contributed by atoms with Gasteiger partial charge < -0.3 is 10.2 Å². The van der Waals surface area contributed by atoms with Crippen molar-refractivity contribution >= 4 is 18.3 Å². The highest BCUT2D eigenvalue weighted by Crippen LogP contribution is 2.19. The summed E-state index contributed by atoms with van der Waals surface area (Å²) in [4.78, 5) is 16.7. The minimum Gasteiger partial charge on any atom is -0.342 e. The smallest absolute Gasteiger partial charge is 0.236 e. The minimum absolute atomic E-state index is 0. The molecule has 2 saturated heterocycles. The molecule has 1 unspecified atom stereocenters. The van der Waals surface area contributed by atoms with E-state index in [0.717, 1.165) is 32.1 Å². The van der Waals surface area contributed by atoms with E-state index in [1.807, 2.05) is 7.05 Å². The molecule has 5 heteroatoms. The lowest BCUT2D eigenvalue weighted by Gasteiger charge is -2.32. The summed E-state index contributed by atoms with van der Waals surface area (Å²) in [7, 11) is 1.99. The van der Waals surface area contributed by atoms with Crippen LogP contribution in [-0.4, -0.2) is 61.5 Å². The standard InChI is InChI=1S/C14H27N3O.ClH/c1-12-5-8-16(9-6-12)14(18)11-17-7-3-4-13(17)10-15-2;/h12-13,15H,3-11H2,1-2H3;1H. The molecule has 2 heterocycles. The van der Waals surface area contributed by atoms with Crippen LogP contribution in [-0.2, 0) is 4.79 Å². The second-order valence-electron chi connectivity index (χ2n) is 5.89. The molecule has 2 fully saturated rings. The predicted octanol–water partition coefficient (Wildman–Crippen LogP) is 1.35. The Kier molecular flexibility index (Phi) is 7.11. The molecule has 1 atom stereocenters. The first kappa shape index (κ1) is 16.7. The van der Waals surface area contributed by atoms with Gasteiger partial charge in [-0.15, -0.1) is 12.4 Å². The highest BCUT2D eigenvalue weighted by Gasteiger charge is 2.28. The van der Waals surface area contributed by atoms with Crippen LogP contribution in [0, 0.1) is 5.92 Å². The monoisotopic (exact) mass is 289 g/mol. The molecule has 0 spiro atoms. The summed E-state index contributed by atoms with van der Waals surface area (Å²) in [5, 5.41) is 3.23. The summed E-state index contributed by atoms with van der Waals surface area (Å²) in [6, 6.07) is 0.558. The van der Waals surface area contributed by atoms with E-state index in [4.69, 9.17) is 0 Å². The predicted molar refractivity (Wildman–Crippen MR) is 80.7 cm³/mol. The molecule has 1 amide bonds. The number of nitrogens with zero attached hydrogens (tertiary/aromatic N) is 2. The highest BCUT2D eigenvalue weighted by molar-refractivity contribution is 5.85. The third-order valence-corrected chi connectivity index (χ3v) is 4.41. The summed E-state index contributed by atoms with van der Waals surface area (Å²) in [5.74, 6) is 1.13. The van der Waals surface area contributed by atoms with Gasteiger partial charge in [-0.1, -0.05) is 6.92 Å².